The Morgan fingerprint density at radius 3 is 2.60 bits per heavy atom. The quantitative estimate of drug-likeness (QED) is 0.911. The molecule has 0 aliphatic carbocycles. The van der Waals surface area contributed by atoms with Crippen LogP contribution in [0.5, 0.6) is 0 Å². The van der Waals surface area contributed by atoms with Gasteiger partial charge in [-0.3, -0.25) is 0 Å². The lowest BCUT2D eigenvalue weighted by molar-refractivity contribution is 0.190. The van der Waals surface area contributed by atoms with Crippen molar-refractivity contribution in [2.75, 3.05) is 18.9 Å². The summed E-state index contributed by atoms with van der Waals surface area (Å²) in [6, 6.07) is 9.15. The second-order valence-electron chi connectivity index (χ2n) is 5.84. The van der Waals surface area contributed by atoms with Gasteiger partial charge in [-0.1, -0.05) is 12.1 Å². The third-order valence-corrected chi connectivity index (χ3v) is 4.29. The molecule has 1 N–H and O–H groups in total. The van der Waals surface area contributed by atoms with Gasteiger partial charge in [0.05, 0.1) is 16.7 Å². The largest absolute Gasteiger partial charge is 0.366 e. The van der Waals surface area contributed by atoms with Crippen molar-refractivity contribution in [2.24, 2.45) is 0 Å². The Bertz CT molecular complexity index is 610. The van der Waals surface area contributed by atoms with Crippen LogP contribution >= 0.6 is 0 Å². The number of nitrogens with zero attached hydrogens (tertiary/aromatic N) is 3. The summed E-state index contributed by atoms with van der Waals surface area (Å²) in [5.74, 6) is 0.936. The number of likely N-dealkylation sites (tertiary alicyclic amines) is 1. The molecule has 2 heterocycles. The number of aryl methyl sites for hydroxylation is 1. The van der Waals surface area contributed by atoms with E-state index in [0.29, 0.717) is 12.1 Å². The Morgan fingerprint density at radius 1 is 1.20 bits per heavy atom. The smallest absolute Gasteiger partial charge is 0.148 e. The van der Waals surface area contributed by atoms with Crippen LogP contribution in [0.15, 0.2) is 24.3 Å². The zero-order valence-corrected chi connectivity index (χ0v) is 12.4. The molecule has 2 atom stereocenters. The van der Waals surface area contributed by atoms with Gasteiger partial charge in [-0.2, -0.15) is 0 Å². The first-order valence-corrected chi connectivity index (χ1v) is 7.33. The zero-order chi connectivity index (χ0) is 14.1. The minimum atomic E-state index is 0.496. The monoisotopic (exact) mass is 270 g/mol. The van der Waals surface area contributed by atoms with E-state index in [4.69, 9.17) is 4.98 Å². The van der Waals surface area contributed by atoms with Crippen molar-refractivity contribution in [1.82, 2.24) is 14.9 Å². The van der Waals surface area contributed by atoms with Crippen LogP contribution in [0.3, 0.4) is 0 Å². The first-order valence-electron chi connectivity index (χ1n) is 7.33. The Labute approximate surface area is 120 Å². The molecular weight excluding hydrogens is 248 g/mol. The SMILES string of the molecule is Cc1nc2ccccc2nc1NC1CCN(C)C(C)C1. The number of fused-ring (bicyclic) bond motifs is 1. The number of piperidine rings is 1. The third kappa shape index (κ3) is 2.61. The average molecular weight is 270 g/mol. The van der Waals surface area contributed by atoms with Crippen molar-refractivity contribution in [1.29, 1.82) is 0 Å². The molecule has 1 aliphatic rings. The maximum absolute atomic E-state index is 4.73. The summed E-state index contributed by atoms with van der Waals surface area (Å²) >= 11 is 0. The molecule has 0 radical (unpaired) electrons. The van der Waals surface area contributed by atoms with Gasteiger partial charge in [0.15, 0.2) is 0 Å². The zero-order valence-electron chi connectivity index (χ0n) is 12.4. The number of hydrogen-bond donors (Lipinski definition) is 1. The Balaban J connectivity index is 1.82. The number of anilines is 1. The number of benzene rings is 1. The van der Waals surface area contributed by atoms with Gasteiger partial charge in [0.25, 0.3) is 0 Å². The number of hydrogen-bond acceptors (Lipinski definition) is 4. The van der Waals surface area contributed by atoms with E-state index in [9.17, 15) is 0 Å². The predicted molar refractivity (Wildman–Crippen MR) is 83.0 cm³/mol. The van der Waals surface area contributed by atoms with Gasteiger partial charge in [0, 0.05) is 18.6 Å². The van der Waals surface area contributed by atoms with Crippen molar-refractivity contribution in [3.8, 4) is 0 Å². The first kappa shape index (κ1) is 13.3. The Morgan fingerprint density at radius 2 is 1.90 bits per heavy atom. The van der Waals surface area contributed by atoms with Crippen molar-refractivity contribution in [3.05, 3.63) is 30.0 Å². The van der Waals surface area contributed by atoms with Gasteiger partial charge in [-0.15, -0.1) is 0 Å². The van der Waals surface area contributed by atoms with E-state index < -0.39 is 0 Å². The second kappa shape index (κ2) is 5.37. The number of para-hydroxylation sites is 2. The third-order valence-electron chi connectivity index (χ3n) is 4.29. The molecule has 106 valence electrons. The van der Waals surface area contributed by atoms with Crippen LogP contribution in [0, 0.1) is 6.92 Å². The molecule has 0 spiro atoms. The minimum Gasteiger partial charge on any atom is -0.366 e. The van der Waals surface area contributed by atoms with Gasteiger partial charge >= 0.3 is 0 Å². The molecule has 1 aromatic heterocycles. The summed E-state index contributed by atoms with van der Waals surface area (Å²) in [7, 11) is 2.20. The van der Waals surface area contributed by atoms with E-state index in [2.05, 4.69) is 29.2 Å². The van der Waals surface area contributed by atoms with E-state index in [1.807, 2.05) is 31.2 Å². The summed E-state index contributed by atoms with van der Waals surface area (Å²) in [5.41, 5.74) is 2.91. The lowest BCUT2D eigenvalue weighted by Gasteiger charge is -2.35. The highest BCUT2D eigenvalue weighted by atomic mass is 15.2. The average Bonchev–Trinajstić information content (AvgIpc) is 2.44. The van der Waals surface area contributed by atoms with Crippen LogP contribution < -0.4 is 5.32 Å². The van der Waals surface area contributed by atoms with E-state index in [0.717, 1.165) is 41.9 Å². The van der Waals surface area contributed by atoms with Crippen LogP contribution in [0.4, 0.5) is 5.82 Å². The molecule has 4 nitrogen and oxygen atoms in total. The topological polar surface area (TPSA) is 41.1 Å². The van der Waals surface area contributed by atoms with Gasteiger partial charge in [0.2, 0.25) is 0 Å². The van der Waals surface area contributed by atoms with E-state index >= 15 is 0 Å². The summed E-state index contributed by atoms with van der Waals surface area (Å²) < 4.78 is 0. The summed E-state index contributed by atoms with van der Waals surface area (Å²) in [6.07, 6.45) is 2.32. The maximum atomic E-state index is 4.73. The van der Waals surface area contributed by atoms with Gasteiger partial charge < -0.3 is 10.2 Å². The molecule has 2 aromatic rings. The molecule has 0 bridgehead atoms. The van der Waals surface area contributed by atoms with Crippen LogP contribution in [-0.4, -0.2) is 40.5 Å². The van der Waals surface area contributed by atoms with E-state index in [-0.39, 0.29) is 0 Å². The summed E-state index contributed by atoms with van der Waals surface area (Å²) in [5, 5.41) is 3.59. The molecule has 20 heavy (non-hydrogen) atoms. The highest BCUT2D eigenvalue weighted by Gasteiger charge is 2.23. The molecule has 1 fully saturated rings. The fraction of sp³-hybridized carbons (Fsp3) is 0.500. The normalized spacial score (nSPS) is 23.9. The molecule has 2 unspecified atom stereocenters. The van der Waals surface area contributed by atoms with Crippen molar-refractivity contribution >= 4 is 16.9 Å². The minimum absolute atomic E-state index is 0.496. The molecule has 0 amide bonds. The highest BCUT2D eigenvalue weighted by Crippen LogP contribution is 2.22. The number of nitrogens with one attached hydrogen (secondary N) is 1. The standard InChI is InChI=1S/C16H22N4/c1-11-10-13(8-9-20(11)3)18-16-12(2)17-14-6-4-5-7-15(14)19-16/h4-7,11,13H,8-10H2,1-3H3,(H,18,19). The molecular formula is C16H22N4. The van der Waals surface area contributed by atoms with E-state index in [1.165, 1.54) is 0 Å². The van der Waals surface area contributed by atoms with Gasteiger partial charge in [-0.25, -0.2) is 9.97 Å². The van der Waals surface area contributed by atoms with Gasteiger partial charge in [0.1, 0.15) is 5.82 Å². The fourth-order valence-electron chi connectivity index (χ4n) is 2.84. The van der Waals surface area contributed by atoms with Crippen molar-refractivity contribution < 1.29 is 0 Å². The van der Waals surface area contributed by atoms with E-state index in [1.54, 1.807) is 0 Å². The maximum Gasteiger partial charge on any atom is 0.148 e. The predicted octanol–water partition coefficient (Wildman–Crippen LogP) is 2.83. The molecule has 4 heteroatoms. The number of aromatic nitrogens is 2. The van der Waals surface area contributed by atoms with Crippen LogP contribution in [0.2, 0.25) is 0 Å². The highest BCUT2D eigenvalue weighted by molar-refractivity contribution is 5.76. The summed E-state index contributed by atoms with van der Waals surface area (Å²) in [4.78, 5) is 11.8. The lowest BCUT2D eigenvalue weighted by atomic mass is 9.99. The van der Waals surface area contributed by atoms with Crippen molar-refractivity contribution in [3.63, 3.8) is 0 Å². The summed E-state index contributed by atoms with van der Waals surface area (Å²) in [6.45, 7) is 5.45. The van der Waals surface area contributed by atoms with Crippen molar-refractivity contribution in [2.45, 2.75) is 38.8 Å². The fourth-order valence-corrected chi connectivity index (χ4v) is 2.84. The number of rotatable bonds is 2. The van der Waals surface area contributed by atoms with Crippen LogP contribution in [0.1, 0.15) is 25.5 Å². The van der Waals surface area contributed by atoms with Gasteiger partial charge in [-0.05, 0) is 45.9 Å². The van der Waals surface area contributed by atoms with Crippen LogP contribution in [0.25, 0.3) is 11.0 Å². The lowest BCUT2D eigenvalue weighted by Crippen LogP contribution is -2.42. The Hall–Kier alpha value is -1.68. The molecule has 1 aromatic carbocycles. The molecule has 1 saturated heterocycles. The van der Waals surface area contributed by atoms with Crippen LogP contribution in [-0.2, 0) is 0 Å². The molecule has 0 saturated carbocycles. The first-order chi connectivity index (χ1) is 9.63. The molecule has 1 aliphatic heterocycles. The molecule has 3 rings (SSSR count). The Kier molecular flexibility index (Phi) is 3.57. The second-order valence-corrected chi connectivity index (χ2v) is 5.84.